The number of rotatable bonds is 2. The molecule has 2 aromatic rings. The van der Waals surface area contributed by atoms with Crippen LogP contribution in [0.2, 0.25) is 0 Å². The second-order valence-electron chi connectivity index (χ2n) is 8.02. The van der Waals surface area contributed by atoms with Crippen LogP contribution in [0.3, 0.4) is 0 Å². The van der Waals surface area contributed by atoms with Gasteiger partial charge in [-0.25, -0.2) is 4.98 Å². The van der Waals surface area contributed by atoms with Gasteiger partial charge in [-0.05, 0) is 43.0 Å². The molecule has 2 bridgehead atoms. The van der Waals surface area contributed by atoms with Gasteiger partial charge < -0.3 is 15.1 Å². The van der Waals surface area contributed by atoms with Crippen LogP contribution in [0.1, 0.15) is 40.0 Å². The first-order valence-electron chi connectivity index (χ1n) is 10.0. The second kappa shape index (κ2) is 6.64. The average Bonchev–Trinajstić information content (AvgIpc) is 2.95. The number of hydrogen-bond donors (Lipinski definition) is 1. The molecule has 1 amide bonds. The zero-order valence-corrected chi connectivity index (χ0v) is 15.8. The third-order valence-electron chi connectivity index (χ3n) is 6.34. The van der Waals surface area contributed by atoms with E-state index in [9.17, 15) is 4.79 Å². The van der Waals surface area contributed by atoms with Crippen molar-refractivity contribution < 1.29 is 4.79 Å². The molecule has 2 atom stereocenters. The van der Waals surface area contributed by atoms with Crippen LogP contribution in [0.15, 0.2) is 36.4 Å². The molecule has 4 heterocycles. The van der Waals surface area contributed by atoms with E-state index in [1.54, 1.807) is 0 Å². The minimum absolute atomic E-state index is 0.128. The van der Waals surface area contributed by atoms with E-state index in [1.807, 2.05) is 36.1 Å². The van der Waals surface area contributed by atoms with E-state index in [-0.39, 0.29) is 5.91 Å². The first-order valence-corrected chi connectivity index (χ1v) is 10.0. The van der Waals surface area contributed by atoms with Gasteiger partial charge in [-0.3, -0.25) is 4.79 Å². The van der Waals surface area contributed by atoms with Crippen LogP contribution < -0.4 is 10.2 Å². The number of piperazine rings is 1. The van der Waals surface area contributed by atoms with Gasteiger partial charge in [-0.15, -0.1) is 0 Å². The summed E-state index contributed by atoms with van der Waals surface area (Å²) in [7, 11) is 0. The van der Waals surface area contributed by atoms with Crippen molar-refractivity contribution in [3.8, 4) is 0 Å². The van der Waals surface area contributed by atoms with Gasteiger partial charge in [0.15, 0.2) is 0 Å². The molecule has 3 aliphatic rings. The van der Waals surface area contributed by atoms with E-state index in [2.05, 4.69) is 22.3 Å². The molecule has 140 valence electrons. The number of carbonyl (C=O) groups excluding carboxylic acids is 1. The highest BCUT2D eigenvalue weighted by molar-refractivity contribution is 5.95. The number of nitrogens with zero attached hydrogens (tertiary/aromatic N) is 3. The van der Waals surface area contributed by atoms with Crippen molar-refractivity contribution in [1.29, 1.82) is 0 Å². The number of anilines is 1. The summed E-state index contributed by atoms with van der Waals surface area (Å²) in [5.74, 6) is 1.25. The van der Waals surface area contributed by atoms with E-state index < -0.39 is 0 Å². The molecule has 0 aliphatic carbocycles. The molecule has 5 rings (SSSR count). The molecular formula is C22H26N4O. The quantitative estimate of drug-likeness (QED) is 0.892. The fraction of sp³-hybridized carbons (Fsp3) is 0.455. The van der Waals surface area contributed by atoms with Crippen LogP contribution in [-0.2, 0) is 13.0 Å². The number of fused-ring (bicyclic) bond motifs is 3. The predicted octanol–water partition coefficient (Wildman–Crippen LogP) is 2.53. The highest BCUT2D eigenvalue weighted by atomic mass is 16.2. The van der Waals surface area contributed by atoms with Gasteiger partial charge in [0.25, 0.3) is 5.91 Å². The molecule has 5 nitrogen and oxygen atoms in total. The molecule has 0 spiro atoms. The van der Waals surface area contributed by atoms with Gasteiger partial charge >= 0.3 is 0 Å². The Kier molecular flexibility index (Phi) is 4.12. The number of nitrogens with one attached hydrogen (secondary N) is 1. The largest absolute Gasteiger partial charge is 0.348 e. The van der Waals surface area contributed by atoms with Crippen LogP contribution in [0, 0.1) is 6.92 Å². The summed E-state index contributed by atoms with van der Waals surface area (Å²) in [6.45, 7) is 5.53. The van der Waals surface area contributed by atoms with Gasteiger partial charge in [-0.1, -0.05) is 24.3 Å². The first kappa shape index (κ1) is 16.8. The lowest BCUT2D eigenvalue weighted by Gasteiger charge is -2.37. The number of pyridine rings is 1. The summed E-state index contributed by atoms with van der Waals surface area (Å²) in [5, 5.41) is 3.53. The number of hydrogen-bond acceptors (Lipinski definition) is 4. The summed E-state index contributed by atoms with van der Waals surface area (Å²) in [6.07, 6.45) is 3.35. The molecule has 2 saturated heterocycles. The summed E-state index contributed by atoms with van der Waals surface area (Å²) in [6, 6.07) is 13.4. The average molecular weight is 362 g/mol. The molecule has 27 heavy (non-hydrogen) atoms. The van der Waals surface area contributed by atoms with Gasteiger partial charge in [0.1, 0.15) is 5.82 Å². The summed E-state index contributed by atoms with van der Waals surface area (Å²) in [5.41, 5.74) is 4.20. The Labute approximate surface area is 160 Å². The Morgan fingerprint density at radius 2 is 1.89 bits per heavy atom. The lowest BCUT2D eigenvalue weighted by atomic mass is 10.0. The van der Waals surface area contributed by atoms with Crippen molar-refractivity contribution in [2.45, 2.75) is 44.8 Å². The van der Waals surface area contributed by atoms with Crippen molar-refractivity contribution in [1.82, 2.24) is 15.2 Å². The van der Waals surface area contributed by atoms with E-state index in [0.29, 0.717) is 18.6 Å². The summed E-state index contributed by atoms with van der Waals surface area (Å²) < 4.78 is 0. The minimum atomic E-state index is 0.128. The number of amides is 1. The maximum Gasteiger partial charge on any atom is 0.254 e. The fourth-order valence-corrected chi connectivity index (χ4v) is 4.86. The Hall–Kier alpha value is -2.40. The highest BCUT2D eigenvalue weighted by Crippen LogP contribution is 2.32. The zero-order chi connectivity index (χ0) is 18.4. The van der Waals surface area contributed by atoms with E-state index in [0.717, 1.165) is 43.0 Å². The molecule has 1 aromatic carbocycles. The molecule has 5 heteroatoms. The van der Waals surface area contributed by atoms with Gasteiger partial charge in [0.05, 0.1) is 0 Å². The SMILES string of the molecule is Cc1ccccc1C(=O)N1CCc2nc(N3C4CCC3CNC4)ccc2C1. The third-order valence-corrected chi connectivity index (χ3v) is 6.34. The molecule has 0 radical (unpaired) electrons. The summed E-state index contributed by atoms with van der Waals surface area (Å²) in [4.78, 5) is 22.4. The number of aryl methyl sites for hydroxylation is 1. The molecule has 2 fully saturated rings. The van der Waals surface area contributed by atoms with Crippen molar-refractivity contribution in [3.05, 3.63) is 58.8 Å². The van der Waals surface area contributed by atoms with Crippen LogP contribution in [-0.4, -0.2) is 47.5 Å². The van der Waals surface area contributed by atoms with Gasteiger partial charge in [0.2, 0.25) is 0 Å². The maximum absolute atomic E-state index is 12.9. The lowest BCUT2D eigenvalue weighted by Crippen LogP contribution is -2.52. The fourth-order valence-electron chi connectivity index (χ4n) is 4.86. The van der Waals surface area contributed by atoms with Crippen LogP contribution >= 0.6 is 0 Å². The lowest BCUT2D eigenvalue weighted by molar-refractivity contribution is 0.0733. The normalized spacial score (nSPS) is 24.0. The monoisotopic (exact) mass is 362 g/mol. The van der Waals surface area contributed by atoms with E-state index in [4.69, 9.17) is 4.98 Å². The highest BCUT2D eigenvalue weighted by Gasteiger charge is 2.37. The number of aromatic nitrogens is 1. The van der Waals surface area contributed by atoms with Gasteiger partial charge in [0, 0.05) is 55.9 Å². The van der Waals surface area contributed by atoms with Crippen molar-refractivity contribution in [3.63, 3.8) is 0 Å². The van der Waals surface area contributed by atoms with Crippen LogP contribution in [0.4, 0.5) is 5.82 Å². The molecular weight excluding hydrogens is 336 g/mol. The van der Waals surface area contributed by atoms with Crippen molar-refractivity contribution >= 4 is 11.7 Å². The maximum atomic E-state index is 12.9. The Morgan fingerprint density at radius 3 is 2.67 bits per heavy atom. The van der Waals surface area contributed by atoms with Gasteiger partial charge in [-0.2, -0.15) is 0 Å². The first-order chi connectivity index (χ1) is 13.2. The molecule has 1 aromatic heterocycles. The second-order valence-corrected chi connectivity index (χ2v) is 8.02. The van der Waals surface area contributed by atoms with Crippen molar-refractivity contribution in [2.75, 3.05) is 24.5 Å². The summed E-state index contributed by atoms with van der Waals surface area (Å²) >= 11 is 0. The van der Waals surface area contributed by atoms with E-state index >= 15 is 0 Å². The number of carbonyl (C=O) groups is 1. The predicted molar refractivity (Wildman–Crippen MR) is 106 cm³/mol. The molecule has 3 aliphatic heterocycles. The minimum Gasteiger partial charge on any atom is -0.348 e. The molecule has 2 unspecified atom stereocenters. The standard InChI is InChI=1S/C22H26N4O/c1-15-4-2-3-5-19(15)22(27)25-11-10-20-16(14-25)6-9-21(24-20)26-17-7-8-18(26)13-23-12-17/h2-6,9,17-18,23H,7-8,10-14H2,1H3. The van der Waals surface area contributed by atoms with Crippen LogP contribution in [0.5, 0.6) is 0 Å². The van der Waals surface area contributed by atoms with Crippen molar-refractivity contribution in [2.24, 2.45) is 0 Å². The topological polar surface area (TPSA) is 48.5 Å². The third kappa shape index (κ3) is 2.90. The van der Waals surface area contributed by atoms with E-state index in [1.165, 1.54) is 24.1 Å². The molecule has 0 saturated carbocycles. The Morgan fingerprint density at radius 1 is 1.11 bits per heavy atom. The Balaban J connectivity index is 1.37. The number of benzene rings is 1. The Bertz CT molecular complexity index is 864. The smallest absolute Gasteiger partial charge is 0.254 e. The zero-order valence-electron chi connectivity index (χ0n) is 15.8. The van der Waals surface area contributed by atoms with Crippen LogP contribution in [0.25, 0.3) is 0 Å². The molecule has 1 N–H and O–H groups in total.